The van der Waals surface area contributed by atoms with Gasteiger partial charge in [-0.3, -0.25) is 4.79 Å². The summed E-state index contributed by atoms with van der Waals surface area (Å²) in [6.07, 6.45) is 1.65. The van der Waals surface area contributed by atoms with E-state index in [1.807, 2.05) is 46.0 Å². The van der Waals surface area contributed by atoms with Crippen molar-refractivity contribution in [2.45, 2.75) is 19.9 Å². The van der Waals surface area contributed by atoms with E-state index in [4.69, 9.17) is 16.9 Å². The number of nitrogens with one attached hydrogen (secondary N) is 1. The molecule has 0 saturated heterocycles. The number of halogens is 1. The average molecular weight is 489 g/mol. The Morgan fingerprint density at radius 1 is 1.16 bits per heavy atom. The highest BCUT2D eigenvalue weighted by molar-refractivity contribution is 7.89. The van der Waals surface area contributed by atoms with Crippen molar-refractivity contribution in [1.82, 2.24) is 9.71 Å². The van der Waals surface area contributed by atoms with E-state index >= 15 is 0 Å². The van der Waals surface area contributed by atoms with Crippen LogP contribution in [-0.2, 0) is 23.0 Å². The van der Waals surface area contributed by atoms with Gasteiger partial charge in [0.05, 0.1) is 17.9 Å². The van der Waals surface area contributed by atoms with Crippen LogP contribution in [0, 0.1) is 18.3 Å². The van der Waals surface area contributed by atoms with Gasteiger partial charge < -0.3 is 4.90 Å². The summed E-state index contributed by atoms with van der Waals surface area (Å²) in [5.74, 6) is -0.747. The molecule has 10 heteroatoms. The molecule has 1 N–H and O–H groups in total. The van der Waals surface area contributed by atoms with Crippen LogP contribution in [-0.4, -0.2) is 32.1 Å². The van der Waals surface area contributed by atoms with Crippen LogP contribution in [0.1, 0.15) is 32.1 Å². The molecule has 1 aromatic heterocycles. The number of rotatable bonds is 8. The summed E-state index contributed by atoms with van der Waals surface area (Å²) in [5.41, 5.74) is 2.75. The second-order valence-corrected chi connectivity index (χ2v) is 10.6. The Hall–Kier alpha value is -2.93. The van der Waals surface area contributed by atoms with Crippen LogP contribution in [0.4, 0.5) is 5.13 Å². The first kappa shape index (κ1) is 23.7. The van der Waals surface area contributed by atoms with Crippen molar-refractivity contribution in [3.63, 3.8) is 0 Å². The summed E-state index contributed by atoms with van der Waals surface area (Å²) in [5, 5.41) is 10.3. The third-order valence-electron chi connectivity index (χ3n) is 4.59. The third kappa shape index (κ3) is 6.53. The van der Waals surface area contributed by atoms with E-state index in [9.17, 15) is 13.2 Å². The molecule has 1 amide bonds. The van der Waals surface area contributed by atoms with Crippen LogP contribution in [0.15, 0.2) is 48.5 Å². The number of thiazole rings is 1. The predicted octanol–water partition coefficient (Wildman–Crippen LogP) is 3.92. The first-order valence-electron chi connectivity index (χ1n) is 9.62. The van der Waals surface area contributed by atoms with Crippen molar-refractivity contribution < 1.29 is 13.2 Å². The molecule has 0 unspecified atom stereocenters. The smallest absolute Gasteiger partial charge is 0.284 e. The number of hydrogen-bond acceptors (Lipinski definition) is 7. The second-order valence-electron chi connectivity index (χ2n) is 7.21. The lowest BCUT2D eigenvalue weighted by atomic mass is 10.1. The fraction of sp³-hybridized carbons (Fsp3) is 0.227. The molecule has 0 fully saturated rings. The normalized spacial score (nSPS) is 11.1. The number of carbonyl (C=O) groups is 1. The van der Waals surface area contributed by atoms with Crippen LogP contribution in [0.2, 0.25) is 5.02 Å². The highest BCUT2D eigenvalue weighted by Gasteiger charge is 2.21. The molecule has 7 nitrogen and oxygen atoms in total. The number of nitrogens with zero attached hydrogens (tertiary/aromatic N) is 3. The Morgan fingerprint density at radius 2 is 1.78 bits per heavy atom. The summed E-state index contributed by atoms with van der Waals surface area (Å²) < 4.78 is 24.9. The molecule has 166 valence electrons. The van der Waals surface area contributed by atoms with Crippen LogP contribution in [0.25, 0.3) is 0 Å². The molecule has 0 bridgehead atoms. The van der Waals surface area contributed by atoms with Gasteiger partial charge >= 0.3 is 0 Å². The third-order valence-corrected chi connectivity index (χ3v) is 6.43. The van der Waals surface area contributed by atoms with Gasteiger partial charge in [0.2, 0.25) is 10.0 Å². The molecule has 0 spiro atoms. The maximum absolute atomic E-state index is 12.3. The number of hydrogen-bond donors (Lipinski definition) is 1. The van der Waals surface area contributed by atoms with Crippen molar-refractivity contribution >= 4 is 44.0 Å². The van der Waals surface area contributed by atoms with Crippen LogP contribution < -0.4 is 9.62 Å². The highest BCUT2D eigenvalue weighted by Crippen LogP contribution is 2.28. The van der Waals surface area contributed by atoms with Gasteiger partial charge in [-0.15, -0.1) is 11.3 Å². The number of nitriles is 1. The van der Waals surface area contributed by atoms with Crippen LogP contribution in [0.5, 0.6) is 0 Å². The Kier molecular flexibility index (Phi) is 7.51. The summed E-state index contributed by atoms with van der Waals surface area (Å²) >= 11 is 7.30. The molecular formula is C22H21ClN4O3S2. The molecule has 0 saturated carbocycles. The van der Waals surface area contributed by atoms with Gasteiger partial charge in [0.1, 0.15) is 5.69 Å². The van der Waals surface area contributed by atoms with E-state index in [-0.39, 0.29) is 5.69 Å². The fourth-order valence-corrected chi connectivity index (χ4v) is 4.50. The average Bonchev–Trinajstić information content (AvgIpc) is 3.13. The maximum atomic E-state index is 12.3. The van der Waals surface area contributed by atoms with Gasteiger partial charge in [0.15, 0.2) is 5.13 Å². The monoisotopic (exact) mass is 488 g/mol. The molecule has 0 radical (unpaired) electrons. The van der Waals surface area contributed by atoms with Crippen molar-refractivity contribution in [2.24, 2.45) is 0 Å². The zero-order chi connectivity index (χ0) is 23.3. The van der Waals surface area contributed by atoms with E-state index in [0.29, 0.717) is 33.7 Å². The largest absolute Gasteiger partial charge is 0.343 e. The predicted molar refractivity (Wildman–Crippen MR) is 127 cm³/mol. The summed E-state index contributed by atoms with van der Waals surface area (Å²) in [6, 6.07) is 17.0. The number of aryl methyl sites for hydroxylation is 1. The SMILES string of the molecule is Cc1sc(N(CCc2ccc(Cl)cc2)Cc2ccc(C#N)cc2)nc1C(=O)NS(C)(=O)=O. The summed E-state index contributed by atoms with van der Waals surface area (Å²) in [4.78, 5) is 19.4. The first-order chi connectivity index (χ1) is 15.1. The van der Waals surface area contributed by atoms with Gasteiger partial charge in [0, 0.05) is 23.0 Å². The van der Waals surface area contributed by atoms with Gasteiger partial charge in [-0.25, -0.2) is 18.1 Å². The highest BCUT2D eigenvalue weighted by atomic mass is 35.5. The topological polar surface area (TPSA) is 103 Å². The van der Waals surface area contributed by atoms with E-state index in [1.165, 1.54) is 11.3 Å². The molecule has 0 aliphatic rings. The Labute approximate surface area is 196 Å². The molecule has 2 aromatic carbocycles. The number of carbonyl (C=O) groups excluding carboxylic acids is 1. The molecule has 1 heterocycles. The number of anilines is 1. The number of sulfonamides is 1. The van der Waals surface area contributed by atoms with Crippen molar-refractivity contribution in [1.29, 1.82) is 5.26 Å². The lowest BCUT2D eigenvalue weighted by Gasteiger charge is -2.22. The lowest BCUT2D eigenvalue weighted by Crippen LogP contribution is -2.30. The van der Waals surface area contributed by atoms with E-state index < -0.39 is 15.9 Å². The zero-order valence-corrected chi connectivity index (χ0v) is 19.9. The Balaban J connectivity index is 1.86. The minimum atomic E-state index is -3.69. The Bertz CT molecular complexity index is 1250. The van der Waals surface area contributed by atoms with Crippen molar-refractivity contribution in [3.8, 4) is 6.07 Å². The molecule has 0 atom stereocenters. The summed E-state index contributed by atoms with van der Waals surface area (Å²) in [6.45, 7) is 2.86. The zero-order valence-electron chi connectivity index (χ0n) is 17.5. The lowest BCUT2D eigenvalue weighted by molar-refractivity contribution is 0.0977. The molecule has 3 aromatic rings. The summed E-state index contributed by atoms with van der Waals surface area (Å²) in [7, 11) is -3.69. The molecule has 32 heavy (non-hydrogen) atoms. The van der Waals surface area contributed by atoms with Gasteiger partial charge in [0.25, 0.3) is 5.91 Å². The van der Waals surface area contributed by atoms with Gasteiger partial charge in [-0.1, -0.05) is 35.9 Å². The van der Waals surface area contributed by atoms with Crippen molar-refractivity contribution in [3.05, 3.63) is 80.8 Å². The molecule has 0 aliphatic carbocycles. The van der Waals surface area contributed by atoms with E-state index in [0.717, 1.165) is 23.8 Å². The van der Waals surface area contributed by atoms with Crippen LogP contribution >= 0.6 is 22.9 Å². The quantitative estimate of drug-likeness (QED) is 0.515. The van der Waals surface area contributed by atoms with Crippen molar-refractivity contribution in [2.75, 3.05) is 17.7 Å². The van der Waals surface area contributed by atoms with Crippen LogP contribution in [0.3, 0.4) is 0 Å². The number of aromatic nitrogens is 1. The first-order valence-corrected chi connectivity index (χ1v) is 12.7. The minimum Gasteiger partial charge on any atom is -0.343 e. The second kappa shape index (κ2) is 10.1. The number of amides is 1. The minimum absolute atomic E-state index is 0.0896. The standard InChI is InChI=1S/C22H21ClN4O3S2/c1-15-20(21(28)26-32(2,29)30)25-22(31-15)27(12-11-16-7-9-19(23)10-8-16)14-18-5-3-17(13-24)4-6-18/h3-10H,11-12,14H2,1-2H3,(H,26,28). The molecular weight excluding hydrogens is 468 g/mol. The number of benzene rings is 2. The van der Waals surface area contributed by atoms with E-state index in [2.05, 4.69) is 11.1 Å². The molecule has 3 rings (SSSR count). The molecule has 0 aliphatic heterocycles. The maximum Gasteiger partial charge on any atom is 0.284 e. The Morgan fingerprint density at radius 3 is 2.38 bits per heavy atom. The van der Waals surface area contributed by atoms with Gasteiger partial charge in [-0.05, 0) is 48.7 Å². The fourth-order valence-electron chi connectivity index (χ4n) is 3.01. The van der Waals surface area contributed by atoms with E-state index in [1.54, 1.807) is 19.1 Å². The van der Waals surface area contributed by atoms with Gasteiger partial charge in [-0.2, -0.15) is 5.26 Å².